The number of aryl methyl sites for hydroxylation is 4. The predicted molar refractivity (Wildman–Crippen MR) is 217 cm³/mol. The van der Waals surface area contributed by atoms with Crippen LogP contribution in [0.5, 0.6) is 0 Å². The van der Waals surface area contributed by atoms with E-state index in [0.717, 1.165) is 62.5 Å². The lowest BCUT2D eigenvalue weighted by molar-refractivity contribution is 0.590. The number of benzene rings is 5. The number of nitrogens with zero attached hydrogens (tertiary/aromatic N) is 3. The molecule has 3 nitrogen and oxygen atoms in total. The van der Waals surface area contributed by atoms with E-state index < -0.39 is 0 Å². The Kier molecular flexibility index (Phi) is 9.02. The van der Waals surface area contributed by atoms with E-state index in [9.17, 15) is 0 Å². The van der Waals surface area contributed by atoms with Crippen LogP contribution in [0, 0.1) is 13.8 Å². The number of aromatic nitrogens is 2. The molecule has 5 heteroatoms. The lowest BCUT2D eigenvalue weighted by atomic mass is 9.86. The number of fused-ring (bicyclic) bond motifs is 3. The molecular weight excluding hydrogens is 698 g/mol. The Hall–Kier alpha value is -3.86. The summed E-state index contributed by atoms with van der Waals surface area (Å²) in [5.74, 6) is 0.944. The van der Waals surface area contributed by atoms with E-state index in [1.54, 1.807) is 0 Å². The first-order chi connectivity index (χ1) is 23.7. The average molecular weight is 745 g/mol. The number of rotatable bonds is 5. The molecule has 1 aromatic heterocycles. The lowest BCUT2D eigenvalue weighted by Crippen LogP contribution is -2.15. The third-order valence-corrected chi connectivity index (χ3v) is 11.4. The van der Waals surface area contributed by atoms with Crippen LogP contribution in [0.25, 0.3) is 28.1 Å². The molecule has 0 saturated carbocycles. The van der Waals surface area contributed by atoms with Crippen molar-refractivity contribution in [1.82, 2.24) is 9.55 Å². The summed E-state index contributed by atoms with van der Waals surface area (Å²) in [6, 6.07) is 33.1. The maximum atomic E-state index is 7.17. The van der Waals surface area contributed by atoms with Crippen LogP contribution >= 0.6 is 27.5 Å². The smallest absolute Gasteiger partial charge is 0.146 e. The Morgan fingerprint density at radius 1 is 0.720 bits per heavy atom. The first-order valence-corrected chi connectivity index (χ1v) is 19.0. The molecule has 0 radical (unpaired) electrons. The Balaban J connectivity index is 1.50. The van der Waals surface area contributed by atoms with Crippen LogP contribution in [-0.2, 0) is 23.7 Å². The van der Waals surface area contributed by atoms with Gasteiger partial charge in [-0.15, -0.1) is 0 Å². The highest BCUT2D eigenvalue weighted by Crippen LogP contribution is 2.46. The van der Waals surface area contributed by atoms with Gasteiger partial charge in [-0.3, -0.25) is 4.57 Å². The number of halogens is 2. The van der Waals surface area contributed by atoms with Crippen LogP contribution in [-0.4, -0.2) is 9.55 Å². The molecule has 0 amide bonds. The van der Waals surface area contributed by atoms with Gasteiger partial charge in [-0.25, -0.2) is 4.98 Å². The molecule has 0 fully saturated rings. The Morgan fingerprint density at radius 3 is 1.84 bits per heavy atom. The zero-order valence-electron chi connectivity index (χ0n) is 30.6. The second-order valence-electron chi connectivity index (χ2n) is 16.0. The first-order valence-electron chi connectivity index (χ1n) is 17.8. The highest BCUT2D eigenvalue weighted by molar-refractivity contribution is 9.10. The van der Waals surface area contributed by atoms with E-state index >= 15 is 0 Å². The van der Waals surface area contributed by atoms with E-state index in [4.69, 9.17) is 16.6 Å². The minimum absolute atomic E-state index is 0.0489. The molecule has 1 aliphatic carbocycles. The number of hydrogen-bond donors (Lipinski definition) is 0. The van der Waals surface area contributed by atoms with Gasteiger partial charge in [-0.1, -0.05) is 102 Å². The fraction of sp³-hybridized carbons (Fsp3) is 0.311. The van der Waals surface area contributed by atoms with E-state index in [0.29, 0.717) is 5.02 Å². The molecule has 1 aliphatic rings. The van der Waals surface area contributed by atoms with Gasteiger partial charge >= 0.3 is 0 Å². The van der Waals surface area contributed by atoms with Crippen LogP contribution in [0.15, 0.2) is 95.5 Å². The molecule has 0 N–H and O–H groups in total. The summed E-state index contributed by atoms with van der Waals surface area (Å²) >= 11 is 11.4. The van der Waals surface area contributed by atoms with Crippen molar-refractivity contribution in [2.45, 2.75) is 91.9 Å². The maximum Gasteiger partial charge on any atom is 0.146 e. The Morgan fingerprint density at radius 2 is 1.28 bits per heavy atom. The van der Waals surface area contributed by atoms with Gasteiger partial charge in [0.05, 0.1) is 26.9 Å². The molecule has 256 valence electrons. The number of anilines is 3. The molecule has 0 bridgehead atoms. The molecule has 0 spiro atoms. The quantitative estimate of drug-likeness (QED) is 0.175. The summed E-state index contributed by atoms with van der Waals surface area (Å²) in [5.41, 5.74) is 15.3. The third kappa shape index (κ3) is 6.31. The molecule has 0 atom stereocenters. The van der Waals surface area contributed by atoms with Gasteiger partial charge in [0.1, 0.15) is 5.82 Å². The standard InChI is InChI=1S/C45H47BrClN3/c1-28-12-11-13-29(2)40(28)43-48-42-36-15-10-9-14-30(36)16-25-37(42)50(43)39-27-33(47)26-38(41(39)46)49(34-21-17-31(18-22-34)44(3,4)5)35-23-19-32(20-24-35)45(6,7)8/h11-13,16-27H,9-10,14-15H2,1-8H3. The third-order valence-electron chi connectivity index (χ3n) is 10.3. The van der Waals surface area contributed by atoms with Crippen LogP contribution in [0.4, 0.5) is 17.1 Å². The van der Waals surface area contributed by atoms with Gasteiger partial charge in [0.25, 0.3) is 0 Å². The fourth-order valence-corrected chi connectivity index (χ4v) is 8.27. The summed E-state index contributed by atoms with van der Waals surface area (Å²) in [5, 5.41) is 0.660. The number of imidazole rings is 1. The van der Waals surface area contributed by atoms with Gasteiger partial charge in [0, 0.05) is 22.0 Å². The fourth-order valence-electron chi connectivity index (χ4n) is 7.48. The molecule has 50 heavy (non-hydrogen) atoms. The highest BCUT2D eigenvalue weighted by atomic mass is 79.9. The van der Waals surface area contributed by atoms with Crippen LogP contribution in [0.3, 0.4) is 0 Å². The van der Waals surface area contributed by atoms with Gasteiger partial charge in [0.15, 0.2) is 0 Å². The van der Waals surface area contributed by atoms with Gasteiger partial charge in [-0.05, 0) is 142 Å². The van der Waals surface area contributed by atoms with Crippen molar-refractivity contribution >= 4 is 55.6 Å². The second kappa shape index (κ2) is 13.0. The van der Waals surface area contributed by atoms with Gasteiger partial charge < -0.3 is 4.90 Å². The molecular formula is C45H47BrClN3. The zero-order valence-corrected chi connectivity index (χ0v) is 32.9. The average Bonchev–Trinajstić information content (AvgIpc) is 3.45. The summed E-state index contributed by atoms with van der Waals surface area (Å²) in [6.07, 6.45) is 4.59. The molecule has 0 saturated heterocycles. The summed E-state index contributed by atoms with van der Waals surface area (Å²) in [4.78, 5) is 7.82. The predicted octanol–water partition coefficient (Wildman–Crippen LogP) is 13.7. The Bertz CT molecular complexity index is 2140. The van der Waals surface area contributed by atoms with Crippen LogP contribution in [0.1, 0.15) is 87.8 Å². The van der Waals surface area contributed by atoms with Crippen molar-refractivity contribution in [3.63, 3.8) is 0 Å². The largest absolute Gasteiger partial charge is 0.309 e. The van der Waals surface area contributed by atoms with Crippen molar-refractivity contribution in [2.24, 2.45) is 0 Å². The van der Waals surface area contributed by atoms with Gasteiger partial charge in [-0.2, -0.15) is 0 Å². The van der Waals surface area contributed by atoms with Crippen LogP contribution < -0.4 is 4.90 Å². The molecule has 1 heterocycles. The summed E-state index contributed by atoms with van der Waals surface area (Å²) in [7, 11) is 0. The van der Waals surface area contributed by atoms with Gasteiger partial charge in [0.2, 0.25) is 0 Å². The van der Waals surface area contributed by atoms with Crippen molar-refractivity contribution in [3.05, 3.63) is 134 Å². The van der Waals surface area contributed by atoms with E-state index in [-0.39, 0.29) is 10.8 Å². The maximum absolute atomic E-state index is 7.17. The van der Waals surface area contributed by atoms with Crippen molar-refractivity contribution in [3.8, 4) is 17.1 Å². The molecule has 7 rings (SSSR count). The summed E-state index contributed by atoms with van der Waals surface area (Å²) in [6.45, 7) is 17.9. The van der Waals surface area contributed by atoms with Crippen molar-refractivity contribution in [2.75, 3.05) is 4.90 Å². The van der Waals surface area contributed by atoms with Crippen LogP contribution in [0.2, 0.25) is 5.02 Å². The summed E-state index contributed by atoms with van der Waals surface area (Å²) < 4.78 is 3.29. The molecule has 6 aromatic rings. The first kappa shape index (κ1) is 34.6. The number of hydrogen-bond acceptors (Lipinski definition) is 2. The second-order valence-corrected chi connectivity index (χ2v) is 17.2. The SMILES string of the molecule is Cc1cccc(C)c1-c1nc2c3c(ccc2n1-c1cc(Cl)cc(N(c2ccc(C(C)(C)C)cc2)c2ccc(C(C)(C)C)cc2)c1Br)CCCC3. The zero-order chi connectivity index (χ0) is 35.5. The van der Waals surface area contributed by atoms with E-state index in [1.807, 2.05) is 0 Å². The van der Waals surface area contributed by atoms with E-state index in [2.05, 4.69) is 172 Å². The molecule has 0 aliphatic heterocycles. The Labute approximate surface area is 311 Å². The van der Waals surface area contributed by atoms with Crippen molar-refractivity contribution in [1.29, 1.82) is 0 Å². The monoisotopic (exact) mass is 743 g/mol. The topological polar surface area (TPSA) is 21.1 Å². The van der Waals surface area contributed by atoms with E-state index in [1.165, 1.54) is 46.2 Å². The highest BCUT2D eigenvalue weighted by Gasteiger charge is 2.27. The minimum atomic E-state index is 0.0489. The molecule has 5 aromatic carbocycles. The van der Waals surface area contributed by atoms with Crippen molar-refractivity contribution < 1.29 is 0 Å². The normalized spacial score (nSPS) is 13.5. The lowest BCUT2D eigenvalue weighted by Gasteiger charge is -2.30. The minimum Gasteiger partial charge on any atom is -0.309 e. The molecule has 0 unspecified atom stereocenters.